The van der Waals surface area contributed by atoms with Crippen molar-refractivity contribution in [3.63, 3.8) is 0 Å². The van der Waals surface area contributed by atoms with E-state index in [1.54, 1.807) is 0 Å². The Labute approximate surface area is 156 Å². The Morgan fingerprint density at radius 1 is 1.19 bits per heavy atom. The topological polar surface area (TPSA) is 86.8 Å². The fourth-order valence-electron chi connectivity index (χ4n) is 4.62. The highest BCUT2D eigenvalue weighted by Gasteiger charge is 2.44. The van der Waals surface area contributed by atoms with Gasteiger partial charge in [0.1, 0.15) is 5.69 Å². The summed E-state index contributed by atoms with van der Waals surface area (Å²) in [7, 11) is 0. The summed E-state index contributed by atoms with van der Waals surface area (Å²) in [5.41, 5.74) is 3.26. The first-order chi connectivity index (χ1) is 13.2. The zero-order chi connectivity index (χ0) is 18.4. The maximum absolute atomic E-state index is 13.1. The number of aromatic amines is 2. The number of nitrogens with one attached hydrogen (secondary N) is 2. The molecule has 2 N–H and O–H groups in total. The van der Waals surface area contributed by atoms with Crippen LogP contribution in [0, 0.1) is 0 Å². The van der Waals surface area contributed by atoms with Crippen LogP contribution in [0.25, 0.3) is 5.69 Å². The summed E-state index contributed by atoms with van der Waals surface area (Å²) in [5, 5.41) is 10.3. The molecule has 27 heavy (non-hydrogen) atoms. The standard InChI is InChI=1S/C20H21N5O2/c26-17-11-16(23-25(17)15-5-2-1-3-6-15)19(27)24-10-4-8-20(13-24)9-7-14-12-21-22-18(14)20/h1-3,5-6,11-12,23H,4,7-10,13H2,(H,21,22). The van der Waals surface area contributed by atoms with Crippen molar-refractivity contribution in [1.29, 1.82) is 0 Å². The van der Waals surface area contributed by atoms with Gasteiger partial charge >= 0.3 is 0 Å². The number of aromatic nitrogens is 4. The maximum atomic E-state index is 13.1. The van der Waals surface area contributed by atoms with E-state index in [0.717, 1.165) is 31.4 Å². The first-order valence-corrected chi connectivity index (χ1v) is 9.36. The summed E-state index contributed by atoms with van der Waals surface area (Å²) in [6, 6.07) is 10.7. The fraction of sp³-hybridized carbons (Fsp3) is 0.350. The van der Waals surface area contributed by atoms with E-state index in [1.807, 2.05) is 41.4 Å². The zero-order valence-corrected chi connectivity index (χ0v) is 14.9. The van der Waals surface area contributed by atoms with Crippen molar-refractivity contribution < 1.29 is 4.79 Å². The van der Waals surface area contributed by atoms with Gasteiger partial charge in [0.15, 0.2) is 0 Å². The van der Waals surface area contributed by atoms with Gasteiger partial charge in [-0.2, -0.15) is 5.10 Å². The van der Waals surface area contributed by atoms with Crippen molar-refractivity contribution >= 4 is 5.91 Å². The maximum Gasteiger partial charge on any atom is 0.271 e. The smallest absolute Gasteiger partial charge is 0.271 e. The van der Waals surface area contributed by atoms with Crippen LogP contribution in [-0.2, 0) is 11.8 Å². The highest BCUT2D eigenvalue weighted by molar-refractivity contribution is 5.92. The Bertz CT molecular complexity index is 1050. The summed E-state index contributed by atoms with van der Waals surface area (Å²) >= 11 is 0. The quantitative estimate of drug-likeness (QED) is 0.730. The second-order valence-electron chi connectivity index (χ2n) is 7.56. The van der Waals surface area contributed by atoms with Gasteiger partial charge in [-0.05, 0) is 43.4 Å². The van der Waals surface area contributed by atoms with Gasteiger partial charge in [-0.15, -0.1) is 0 Å². The Balaban J connectivity index is 1.43. The van der Waals surface area contributed by atoms with Crippen molar-refractivity contribution in [3.8, 4) is 5.69 Å². The molecular weight excluding hydrogens is 342 g/mol. The number of hydrogen-bond donors (Lipinski definition) is 2. The van der Waals surface area contributed by atoms with E-state index in [1.165, 1.54) is 22.0 Å². The van der Waals surface area contributed by atoms with Crippen LogP contribution in [0.5, 0.6) is 0 Å². The van der Waals surface area contributed by atoms with Crippen LogP contribution in [0.4, 0.5) is 0 Å². The Morgan fingerprint density at radius 2 is 2.04 bits per heavy atom. The molecule has 1 spiro atoms. The lowest BCUT2D eigenvalue weighted by atomic mass is 9.77. The summed E-state index contributed by atoms with van der Waals surface area (Å²) in [6.45, 7) is 1.38. The van der Waals surface area contributed by atoms with Crippen LogP contribution in [0.15, 0.2) is 47.4 Å². The molecule has 1 unspecified atom stereocenters. The van der Waals surface area contributed by atoms with Crippen molar-refractivity contribution in [2.45, 2.75) is 31.1 Å². The predicted octanol–water partition coefficient (Wildman–Crippen LogP) is 2.01. The Morgan fingerprint density at radius 3 is 2.89 bits per heavy atom. The van der Waals surface area contributed by atoms with Crippen molar-refractivity contribution in [2.75, 3.05) is 13.1 Å². The minimum atomic E-state index is -0.229. The van der Waals surface area contributed by atoms with Crippen LogP contribution in [0.3, 0.4) is 0 Å². The SMILES string of the molecule is O=C(c1cc(=O)n(-c2ccccc2)[nH]1)N1CCCC2(CCc3cn[nH]c32)C1. The van der Waals surface area contributed by atoms with Gasteiger partial charge in [0.05, 0.1) is 11.9 Å². The highest BCUT2D eigenvalue weighted by atomic mass is 16.2. The summed E-state index contributed by atoms with van der Waals surface area (Å²) in [4.78, 5) is 27.3. The third-order valence-corrected chi connectivity index (χ3v) is 5.95. The van der Waals surface area contributed by atoms with E-state index < -0.39 is 0 Å². The molecule has 2 aliphatic rings. The Hall–Kier alpha value is -3.09. The number of benzene rings is 1. The number of fused-ring (bicyclic) bond motifs is 2. The number of piperidine rings is 1. The molecular formula is C20H21N5O2. The molecule has 0 bridgehead atoms. The molecule has 1 amide bonds. The number of amides is 1. The van der Waals surface area contributed by atoms with Gasteiger partial charge < -0.3 is 4.90 Å². The number of nitrogens with zero attached hydrogens (tertiary/aromatic N) is 3. The lowest BCUT2D eigenvalue weighted by molar-refractivity contribution is 0.0626. The number of hydrogen-bond acceptors (Lipinski definition) is 3. The molecule has 1 fully saturated rings. The van der Waals surface area contributed by atoms with Gasteiger partial charge in [0, 0.05) is 30.3 Å². The fourth-order valence-corrected chi connectivity index (χ4v) is 4.62. The highest BCUT2D eigenvalue weighted by Crippen LogP contribution is 2.43. The number of carbonyl (C=O) groups excluding carboxylic acids is 1. The first kappa shape index (κ1) is 16.1. The summed E-state index contributed by atoms with van der Waals surface area (Å²) < 4.78 is 1.41. The third-order valence-electron chi connectivity index (χ3n) is 5.95. The number of carbonyl (C=O) groups is 1. The van der Waals surface area contributed by atoms with Gasteiger partial charge in [-0.25, -0.2) is 4.68 Å². The molecule has 1 aromatic carbocycles. The summed E-state index contributed by atoms with van der Waals surface area (Å²) in [6.07, 6.45) is 5.97. The minimum absolute atomic E-state index is 0.0258. The molecule has 1 saturated heterocycles. The van der Waals surface area contributed by atoms with E-state index in [-0.39, 0.29) is 16.9 Å². The third kappa shape index (κ3) is 2.53. The van der Waals surface area contributed by atoms with Crippen molar-refractivity contribution in [3.05, 3.63) is 69.9 Å². The van der Waals surface area contributed by atoms with Crippen molar-refractivity contribution in [2.24, 2.45) is 0 Å². The number of H-pyrrole nitrogens is 2. The largest absolute Gasteiger partial charge is 0.336 e. The molecule has 3 aromatic rings. The molecule has 2 aromatic heterocycles. The molecule has 7 heteroatoms. The molecule has 5 rings (SSSR count). The van der Waals surface area contributed by atoms with Crippen LogP contribution >= 0.6 is 0 Å². The minimum Gasteiger partial charge on any atom is -0.336 e. The van der Waals surface area contributed by atoms with E-state index in [9.17, 15) is 9.59 Å². The van der Waals surface area contributed by atoms with Gasteiger partial charge in [-0.3, -0.25) is 19.8 Å². The average Bonchev–Trinajstić information content (AvgIpc) is 3.40. The van der Waals surface area contributed by atoms with Crippen molar-refractivity contribution in [1.82, 2.24) is 24.9 Å². The second-order valence-corrected chi connectivity index (χ2v) is 7.56. The molecule has 0 saturated carbocycles. The van der Waals surface area contributed by atoms with Crippen LogP contribution in [0.2, 0.25) is 0 Å². The molecule has 1 atom stereocenters. The number of likely N-dealkylation sites (tertiary alicyclic amines) is 1. The van der Waals surface area contributed by atoms with Crippen LogP contribution < -0.4 is 5.56 Å². The molecule has 0 radical (unpaired) electrons. The monoisotopic (exact) mass is 363 g/mol. The molecule has 7 nitrogen and oxygen atoms in total. The predicted molar refractivity (Wildman–Crippen MR) is 100 cm³/mol. The van der Waals surface area contributed by atoms with Crippen LogP contribution in [0.1, 0.15) is 41.0 Å². The van der Waals surface area contributed by atoms with Gasteiger partial charge in [0.2, 0.25) is 0 Å². The molecule has 1 aliphatic heterocycles. The van der Waals surface area contributed by atoms with Gasteiger partial charge in [-0.1, -0.05) is 18.2 Å². The lowest BCUT2D eigenvalue weighted by Crippen LogP contribution is -2.48. The number of aryl methyl sites for hydroxylation is 1. The van der Waals surface area contributed by atoms with Crippen LogP contribution in [-0.4, -0.2) is 43.9 Å². The van der Waals surface area contributed by atoms with E-state index >= 15 is 0 Å². The normalized spacial score (nSPS) is 21.6. The lowest BCUT2D eigenvalue weighted by Gasteiger charge is -2.40. The number of para-hydroxylation sites is 1. The van der Waals surface area contributed by atoms with E-state index in [0.29, 0.717) is 18.8 Å². The number of rotatable bonds is 2. The Kier molecular flexibility index (Phi) is 3.56. The second kappa shape index (κ2) is 5.97. The van der Waals surface area contributed by atoms with E-state index in [2.05, 4.69) is 15.3 Å². The summed E-state index contributed by atoms with van der Waals surface area (Å²) in [5.74, 6) is -0.117. The zero-order valence-electron chi connectivity index (χ0n) is 14.9. The first-order valence-electron chi connectivity index (χ1n) is 9.36. The molecule has 1 aliphatic carbocycles. The molecule has 138 valence electrons. The van der Waals surface area contributed by atoms with Gasteiger partial charge in [0.25, 0.3) is 11.5 Å². The average molecular weight is 363 g/mol. The van der Waals surface area contributed by atoms with E-state index in [4.69, 9.17) is 0 Å². The molecule has 3 heterocycles.